The molecule has 0 amide bonds. The van der Waals surface area contributed by atoms with E-state index in [1.807, 2.05) is 6.07 Å². The van der Waals surface area contributed by atoms with Crippen LogP contribution in [-0.4, -0.2) is 18.5 Å². The van der Waals surface area contributed by atoms with Crippen molar-refractivity contribution in [3.05, 3.63) is 35.9 Å². The summed E-state index contributed by atoms with van der Waals surface area (Å²) in [5.74, 6) is 0. The second-order valence-electron chi connectivity index (χ2n) is 8.36. The predicted molar refractivity (Wildman–Crippen MR) is 122 cm³/mol. The van der Waals surface area contributed by atoms with Crippen LogP contribution >= 0.6 is 7.60 Å². The molecule has 1 N–H and O–H groups in total. The first-order valence-corrected chi connectivity index (χ1v) is 13.4. The zero-order valence-electron chi connectivity index (χ0n) is 18.7. The average Bonchev–Trinajstić information content (AvgIpc) is 3.01. The van der Waals surface area contributed by atoms with Crippen molar-refractivity contribution >= 4 is 7.60 Å². The molecule has 0 atom stereocenters. The SMILES string of the molecule is CCCCCOP(=O)(OCCCCC)C1(NCc2ccccc2)CCCCCC1. The van der Waals surface area contributed by atoms with E-state index in [1.54, 1.807) is 0 Å². The van der Waals surface area contributed by atoms with Crippen LogP contribution in [0.5, 0.6) is 0 Å². The molecule has 1 aliphatic rings. The molecule has 5 heteroatoms. The zero-order chi connectivity index (χ0) is 20.8. The standard InChI is InChI=1S/C24H42NO3P/c1-3-5-14-20-27-29(26,28-21-15-6-4-2)24(18-12-7-8-13-19-24)25-22-23-16-10-9-11-17-23/h9-11,16-17,25H,3-8,12-15,18-22H2,1-2H3. The predicted octanol–water partition coefficient (Wildman–Crippen LogP) is 7.43. The van der Waals surface area contributed by atoms with Crippen molar-refractivity contribution in [3.8, 4) is 0 Å². The molecule has 1 saturated carbocycles. The first-order valence-electron chi connectivity index (χ1n) is 11.8. The van der Waals surface area contributed by atoms with Crippen LogP contribution in [0.1, 0.15) is 96.5 Å². The van der Waals surface area contributed by atoms with E-state index in [0.29, 0.717) is 19.8 Å². The van der Waals surface area contributed by atoms with Crippen LogP contribution in [0.3, 0.4) is 0 Å². The third-order valence-corrected chi connectivity index (χ3v) is 8.64. The lowest BCUT2D eigenvalue weighted by Crippen LogP contribution is -2.45. The Labute approximate surface area is 178 Å². The highest BCUT2D eigenvalue weighted by Gasteiger charge is 2.50. The highest BCUT2D eigenvalue weighted by molar-refractivity contribution is 7.55. The maximum absolute atomic E-state index is 14.3. The Morgan fingerprint density at radius 2 is 1.41 bits per heavy atom. The normalized spacial score (nSPS) is 17.2. The molecule has 1 aliphatic carbocycles. The topological polar surface area (TPSA) is 47.6 Å². The Morgan fingerprint density at radius 1 is 0.862 bits per heavy atom. The van der Waals surface area contributed by atoms with Gasteiger partial charge in [0.1, 0.15) is 5.28 Å². The van der Waals surface area contributed by atoms with Crippen molar-refractivity contribution in [3.63, 3.8) is 0 Å². The summed E-state index contributed by atoms with van der Waals surface area (Å²) in [6.07, 6.45) is 12.6. The van der Waals surface area contributed by atoms with Gasteiger partial charge in [0.05, 0.1) is 13.2 Å². The van der Waals surface area contributed by atoms with E-state index >= 15 is 0 Å². The van der Waals surface area contributed by atoms with E-state index in [1.165, 1.54) is 18.4 Å². The van der Waals surface area contributed by atoms with Gasteiger partial charge in [0, 0.05) is 6.54 Å². The van der Waals surface area contributed by atoms with Crippen molar-refractivity contribution in [2.75, 3.05) is 13.2 Å². The number of unbranched alkanes of at least 4 members (excludes halogenated alkanes) is 4. The number of hydrogen-bond donors (Lipinski definition) is 1. The highest BCUT2D eigenvalue weighted by Crippen LogP contribution is 2.63. The first kappa shape index (κ1) is 24.6. The summed E-state index contributed by atoms with van der Waals surface area (Å²) < 4.78 is 26.6. The number of nitrogens with one attached hydrogen (secondary N) is 1. The van der Waals surface area contributed by atoms with Gasteiger partial charge in [0.15, 0.2) is 0 Å². The van der Waals surface area contributed by atoms with Crippen LogP contribution < -0.4 is 5.32 Å². The summed E-state index contributed by atoms with van der Waals surface area (Å²) in [6, 6.07) is 10.4. The maximum Gasteiger partial charge on any atom is 0.350 e. The second kappa shape index (κ2) is 13.6. The highest BCUT2D eigenvalue weighted by atomic mass is 31.2. The fraction of sp³-hybridized carbons (Fsp3) is 0.750. The van der Waals surface area contributed by atoms with Crippen molar-refractivity contribution < 1.29 is 13.6 Å². The lowest BCUT2D eigenvalue weighted by atomic mass is 10.1. The molecule has 2 rings (SSSR count). The molecule has 0 saturated heterocycles. The molecular formula is C24H42NO3P. The van der Waals surface area contributed by atoms with Gasteiger partial charge in [-0.2, -0.15) is 0 Å². The van der Waals surface area contributed by atoms with Crippen molar-refractivity contribution in [2.45, 2.75) is 103 Å². The van der Waals surface area contributed by atoms with Gasteiger partial charge in [-0.1, -0.05) is 95.5 Å². The van der Waals surface area contributed by atoms with Crippen molar-refractivity contribution in [1.82, 2.24) is 5.32 Å². The van der Waals surface area contributed by atoms with Crippen LogP contribution in [0, 0.1) is 0 Å². The van der Waals surface area contributed by atoms with Gasteiger partial charge in [-0.25, -0.2) is 0 Å². The summed E-state index contributed by atoms with van der Waals surface area (Å²) in [7, 11) is -3.28. The maximum atomic E-state index is 14.3. The average molecular weight is 424 g/mol. The van der Waals surface area contributed by atoms with E-state index in [2.05, 4.69) is 43.4 Å². The van der Waals surface area contributed by atoms with E-state index in [9.17, 15) is 4.57 Å². The van der Waals surface area contributed by atoms with Gasteiger partial charge < -0.3 is 9.05 Å². The second-order valence-corrected chi connectivity index (χ2v) is 10.7. The van der Waals surface area contributed by atoms with Crippen LogP contribution in [0.25, 0.3) is 0 Å². The van der Waals surface area contributed by atoms with Gasteiger partial charge in [0.25, 0.3) is 0 Å². The molecular weight excluding hydrogens is 381 g/mol. The summed E-state index contributed by atoms with van der Waals surface area (Å²) in [4.78, 5) is 0. The molecule has 0 bridgehead atoms. The van der Waals surface area contributed by atoms with Gasteiger partial charge >= 0.3 is 7.60 Å². The minimum Gasteiger partial charge on any atom is -0.307 e. The van der Waals surface area contributed by atoms with Crippen molar-refractivity contribution in [2.24, 2.45) is 0 Å². The van der Waals surface area contributed by atoms with Crippen LogP contribution in [0.15, 0.2) is 30.3 Å². The third-order valence-electron chi connectivity index (χ3n) is 5.94. The number of benzene rings is 1. The van der Waals surface area contributed by atoms with Crippen LogP contribution in [0.4, 0.5) is 0 Å². The summed E-state index contributed by atoms with van der Waals surface area (Å²) >= 11 is 0. The van der Waals surface area contributed by atoms with Crippen LogP contribution in [0.2, 0.25) is 0 Å². The molecule has 0 aromatic heterocycles. The van der Waals surface area contributed by atoms with E-state index in [-0.39, 0.29) is 0 Å². The summed E-state index contributed by atoms with van der Waals surface area (Å²) in [5.41, 5.74) is 1.21. The Bertz CT molecular complexity index is 569. The third kappa shape index (κ3) is 7.83. The zero-order valence-corrected chi connectivity index (χ0v) is 19.6. The molecule has 166 valence electrons. The molecule has 1 aromatic carbocycles. The van der Waals surface area contributed by atoms with Gasteiger partial charge in [0.2, 0.25) is 0 Å². The molecule has 0 heterocycles. The van der Waals surface area contributed by atoms with Gasteiger partial charge in [-0.15, -0.1) is 0 Å². The van der Waals surface area contributed by atoms with E-state index < -0.39 is 12.9 Å². The number of hydrogen-bond acceptors (Lipinski definition) is 4. The fourth-order valence-corrected chi connectivity index (χ4v) is 6.53. The molecule has 4 nitrogen and oxygen atoms in total. The van der Waals surface area contributed by atoms with Gasteiger partial charge in [-0.05, 0) is 31.2 Å². The molecule has 0 radical (unpaired) electrons. The molecule has 29 heavy (non-hydrogen) atoms. The molecule has 0 aliphatic heterocycles. The Hall–Kier alpha value is -0.670. The smallest absolute Gasteiger partial charge is 0.307 e. The Morgan fingerprint density at radius 3 is 1.93 bits per heavy atom. The Balaban J connectivity index is 2.19. The molecule has 1 aromatic rings. The monoisotopic (exact) mass is 423 g/mol. The van der Waals surface area contributed by atoms with E-state index in [0.717, 1.165) is 64.2 Å². The van der Waals surface area contributed by atoms with Crippen molar-refractivity contribution in [1.29, 1.82) is 0 Å². The minimum atomic E-state index is -3.28. The van der Waals surface area contributed by atoms with E-state index in [4.69, 9.17) is 9.05 Å². The molecule has 1 fully saturated rings. The molecule has 0 unspecified atom stereocenters. The van der Waals surface area contributed by atoms with Crippen LogP contribution in [-0.2, 0) is 20.2 Å². The largest absolute Gasteiger partial charge is 0.350 e. The summed E-state index contributed by atoms with van der Waals surface area (Å²) in [6.45, 7) is 6.09. The minimum absolute atomic E-state index is 0.521. The Kier molecular flexibility index (Phi) is 11.5. The quantitative estimate of drug-likeness (QED) is 0.192. The lowest BCUT2D eigenvalue weighted by molar-refractivity contribution is 0.161. The summed E-state index contributed by atoms with van der Waals surface area (Å²) in [5, 5.41) is 3.13. The lowest BCUT2D eigenvalue weighted by Gasteiger charge is -2.39. The fourth-order valence-electron chi connectivity index (χ4n) is 4.08. The molecule has 0 spiro atoms. The number of rotatable bonds is 14. The van der Waals surface area contributed by atoms with Gasteiger partial charge in [-0.3, -0.25) is 9.88 Å². The first-order chi connectivity index (χ1) is 14.2.